The molecule has 1 atom stereocenters. The normalized spacial score (nSPS) is 16.2. The van der Waals surface area contributed by atoms with Crippen LogP contribution in [0.15, 0.2) is 62.7 Å². The minimum Gasteiger partial charge on any atom is -0.463 e. The molecule has 8 nitrogen and oxygen atoms in total. The van der Waals surface area contributed by atoms with Gasteiger partial charge in [0.2, 0.25) is 5.89 Å². The third-order valence-corrected chi connectivity index (χ3v) is 7.00. The van der Waals surface area contributed by atoms with Gasteiger partial charge in [0.05, 0.1) is 18.2 Å². The van der Waals surface area contributed by atoms with E-state index in [9.17, 15) is 9.59 Å². The second kappa shape index (κ2) is 10.0. The molecule has 1 aromatic carbocycles. The molecule has 34 heavy (non-hydrogen) atoms. The van der Waals surface area contributed by atoms with E-state index in [1.807, 2.05) is 29.6 Å². The molecule has 0 spiro atoms. The number of aromatic nitrogens is 2. The van der Waals surface area contributed by atoms with Crippen LogP contribution in [0.3, 0.4) is 0 Å². The molecule has 0 bridgehead atoms. The van der Waals surface area contributed by atoms with Crippen molar-refractivity contribution in [1.82, 2.24) is 20.8 Å². The number of nitrogens with one attached hydrogen (secondary N) is 2. The van der Waals surface area contributed by atoms with Crippen LogP contribution >= 0.6 is 23.1 Å². The van der Waals surface area contributed by atoms with Gasteiger partial charge in [0.1, 0.15) is 0 Å². The van der Waals surface area contributed by atoms with Gasteiger partial charge < -0.3 is 19.8 Å². The van der Waals surface area contributed by atoms with E-state index < -0.39 is 12.0 Å². The van der Waals surface area contributed by atoms with Crippen LogP contribution in [-0.4, -0.2) is 34.6 Å². The predicted molar refractivity (Wildman–Crippen MR) is 132 cm³/mol. The first-order valence-electron chi connectivity index (χ1n) is 10.8. The van der Waals surface area contributed by atoms with Crippen LogP contribution in [0.4, 0.5) is 4.79 Å². The number of carbonyl (C=O) groups excluding carboxylic acids is 2. The number of hydrogen-bond donors (Lipinski definition) is 2. The Morgan fingerprint density at radius 3 is 2.62 bits per heavy atom. The Bertz CT molecular complexity index is 1190. The van der Waals surface area contributed by atoms with Gasteiger partial charge in [-0.25, -0.2) is 9.59 Å². The number of carbonyl (C=O) groups is 2. The van der Waals surface area contributed by atoms with E-state index in [1.165, 1.54) is 28.7 Å². The number of rotatable bonds is 7. The summed E-state index contributed by atoms with van der Waals surface area (Å²) in [7, 11) is 0. The summed E-state index contributed by atoms with van der Waals surface area (Å²) in [5, 5.41) is 16.1. The lowest BCUT2D eigenvalue weighted by Gasteiger charge is -2.28. The Morgan fingerprint density at radius 1 is 1.21 bits per heavy atom. The molecule has 2 aromatic heterocycles. The zero-order chi connectivity index (χ0) is 24.3. The highest BCUT2D eigenvalue weighted by Gasteiger charge is 2.34. The summed E-state index contributed by atoms with van der Waals surface area (Å²) < 4.78 is 11.1. The molecule has 1 aliphatic rings. The molecule has 3 aromatic rings. The van der Waals surface area contributed by atoms with Crippen molar-refractivity contribution in [2.75, 3.05) is 12.4 Å². The molecule has 178 valence electrons. The number of ether oxygens (including phenoxy) is 1. The first-order valence-corrected chi connectivity index (χ1v) is 12.7. The van der Waals surface area contributed by atoms with Crippen LogP contribution in [-0.2, 0) is 14.9 Å². The number of thiophene rings is 1. The maximum Gasteiger partial charge on any atom is 0.338 e. The van der Waals surface area contributed by atoms with Crippen molar-refractivity contribution in [2.45, 2.75) is 44.4 Å². The minimum atomic E-state index is -0.581. The number of esters is 1. The summed E-state index contributed by atoms with van der Waals surface area (Å²) in [4.78, 5) is 26.0. The van der Waals surface area contributed by atoms with Crippen LogP contribution < -0.4 is 10.6 Å². The average molecular weight is 499 g/mol. The SMILES string of the molecule is CCOC(=O)C1=C(CSc2nnc(-c3ccc(C(C)(C)C)cc3)o2)NC(=O)NC1c1cccs1. The highest BCUT2D eigenvalue weighted by atomic mass is 32.2. The number of nitrogens with zero attached hydrogens (tertiary/aromatic N) is 2. The number of thioether (sulfide) groups is 1. The molecule has 0 radical (unpaired) electrons. The summed E-state index contributed by atoms with van der Waals surface area (Å²) >= 11 is 2.70. The van der Waals surface area contributed by atoms with Crippen LogP contribution in [0.25, 0.3) is 11.5 Å². The molecule has 2 N–H and O–H groups in total. The molecule has 10 heteroatoms. The predicted octanol–water partition coefficient (Wildman–Crippen LogP) is 5.06. The topological polar surface area (TPSA) is 106 Å². The molecule has 1 unspecified atom stereocenters. The van der Waals surface area contributed by atoms with Crippen molar-refractivity contribution >= 4 is 35.1 Å². The Balaban J connectivity index is 1.55. The average Bonchev–Trinajstić information content (AvgIpc) is 3.49. The van der Waals surface area contributed by atoms with E-state index in [2.05, 4.69) is 53.7 Å². The Hall–Kier alpha value is -3.11. The van der Waals surface area contributed by atoms with Crippen molar-refractivity contribution < 1.29 is 18.7 Å². The van der Waals surface area contributed by atoms with Gasteiger partial charge in [0.15, 0.2) is 0 Å². The van der Waals surface area contributed by atoms with Crippen LogP contribution in [0, 0.1) is 0 Å². The second-order valence-corrected chi connectivity index (χ2v) is 10.6. The fourth-order valence-electron chi connectivity index (χ4n) is 3.48. The van der Waals surface area contributed by atoms with Crippen molar-refractivity contribution in [2.24, 2.45) is 0 Å². The van der Waals surface area contributed by atoms with Gasteiger partial charge in [-0.2, -0.15) is 0 Å². The number of amides is 2. The zero-order valence-corrected chi connectivity index (χ0v) is 21.0. The van der Waals surface area contributed by atoms with Crippen molar-refractivity contribution in [3.8, 4) is 11.5 Å². The number of benzene rings is 1. The molecule has 1 aliphatic heterocycles. The number of hydrogen-bond acceptors (Lipinski definition) is 8. The standard InChI is InChI=1S/C24H26N4O4S2/c1-5-31-21(29)18-16(25-22(30)26-19(18)17-7-6-12-33-17)13-34-23-28-27-20(32-23)14-8-10-15(11-9-14)24(2,3)4/h6-12,19H,5,13H2,1-4H3,(H2,25,26,30). The quantitative estimate of drug-likeness (QED) is 0.346. The smallest absolute Gasteiger partial charge is 0.338 e. The van der Waals surface area contributed by atoms with Gasteiger partial charge in [-0.05, 0) is 41.5 Å². The second-order valence-electron chi connectivity index (χ2n) is 8.65. The van der Waals surface area contributed by atoms with Crippen molar-refractivity contribution in [1.29, 1.82) is 0 Å². The molecule has 0 saturated carbocycles. The molecule has 3 heterocycles. The van der Waals surface area contributed by atoms with Gasteiger partial charge >= 0.3 is 12.0 Å². The third-order valence-electron chi connectivity index (χ3n) is 5.22. The molecule has 0 fully saturated rings. The fourth-order valence-corrected chi connectivity index (χ4v) is 5.00. The minimum absolute atomic E-state index is 0.0546. The van der Waals surface area contributed by atoms with E-state index in [1.54, 1.807) is 6.92 Å². The maximum absolute atomic E-state index is 12.8. The highest BCUT2D eigenvalue weighted by Crippen LogP contribution is 2.33. The first kappa shape index (κ1) is 24.0. The summed E-state index contributed by atoms with van der Waals surface area (Å²) in [5.41, 5.74) is 2.92. The van der Waals surface area contributed by atoms with E-state index in [0.29, 0.717) is 22.4 Å². The first-order chi connectivity index (χ1) is 16.3. The molecule has 2 amide bonds. The van der Waals surface area contributed by atoms with Gasteiger partial charge in [0.25, 0.3) is 5.22 Å². The van der Waals surface area contributed by atoms with E-state index in [4.69, 9.17) is 9.15 Å². The zero-order valence-electron chi connectivity index (χ0n) is 19.4. The lowest BCUT2D eigenvalue weighted by molar-refractivity contribution is -0.139. The lowest BCUT2D eigenvalue weighted by atomic mass is 9.87. The Morgan fingerprint density at radius 2 is 1.97 bits per heavy atom. The molecular formula is C24H26N4O4S2. The fraction of sp³-hybridized carbons (Fsp3) is 0.333. The van der Waals surface area contributed by atoms with Gasteiger partial charge in [-0.1, -0.05) is 50.7 Å². The maximum atomic E-state index is 12.8. The Kier molecular flexibility index (Phi) is 7.08. The Labute approximate surface area is 206 Å². The molecule has 4 rings (SSSR count). The van der Waals surface area contributed by atoms with E-state index in [-0.39, 0.29) is 23.8 Å². The lowest BCUT2D eigenvalue weighted by Crippen LogP contribution is -2.46. The third kappa shape index (κ3) is 5.34. The molecule has 0 aliphatic carbocycles. The van der Waals surface area contributed by atoms with E-state index in [0.717, 1.165) is 10.4 Å². The largest absolute Gasteiger partial charge is 0.463 e. The van der Waals surface area contributed by atoms with Gasteiger partial charge in [-0.3, -0.25) is 0 Å². The van der Waals surface area contributed by atoms with Crippen molar-refractivity contribution in [3.05, 3.63) is 63.5 Å². The van der Waals surface area contributed by atoms with Crippen LogP contribution in [0.1, 0.15) is 44.2 Å². The number of urea groups is 1. The monoisotopic (exact) mass is 498 g/mol. The summed E-state index contributed by atoms with van der Waals surface area (Å²) in [6, 6.07) is 10.8. The molecule has 0 saturated heterocycles. The molecular weight excluding hydrogens is 472 g/mol. The van der Waals surface area contributed by atoms with Gasteiger partial charge in [0, 0.05) is 21.9 Å². The van der Waals surface area contributed by atoms with E-state index >= 15 is 0 Å². The summed E-state index contributed by atoms with van der Waals surface area (Å²) in [5.74, 6) is 0.191. The summed E-state index contributed by atoms with van der Waals surface area (Å²) in [6.07, 6.45) is 0. The van der Waals surface area contributed by atoms with Crippen LogP contribution in [0.2, 0.25) is 0 Å². The van der Waals surface area contributed by atoms with Crippen molar-refractivity contribution in [3.63, 3.8) is 0 Å². The summed E-state index contributed by atoms with van der Waals surface area (Å²) in [6.45, 7) is 8.45. The highest BCUT2D eigenvalue weighted by molar-refractivity contribution is 7.99. The van der Waals surface area contributed by atoms with Gasteiger partial charge in [-0.15, -0.1) is 21.5 Å². The van der Waals surface area contributed by atoms with Crippen LogP contribution in [0.5, 0.6) is 0 Å².